The smallest absolute Gasteiger partial charge is 0.0361 e. The molecule has 1 aromatic heterocycles. The van der Waals surface area contributed by atoms with Crippen molar-refractivity contribution in [3.05, 3.63) is 205 Å². The van der Waals surface area contributed by atoms with Gasteiger partial charge >= 0.3 is 0 Å². The van der Waals surface area contributed by atoms with E-state index in [0.717, 1.165) is 0 Å². The number of hydrogen-bond acceptors (Lipinski definition) is 1. The van der Waals surface area contributed by atoms with Crippen LogP contribution >= 0.6 is 11.3 Å². The standard InChI is InChI=1S/C55H38S/c1-55(2)51-27-26-40(30-48(51)49-31-42-34-54-50(32-41(42)33-52(49)55)47-20-12-13-21-53(47)56-54)44-17-9-4-3-8-16-43(45-18-10-11-19-46(44)45)39-25-24-37-28-36(22-23-38(37)29-39)35-14-6-5-7-15-35/h3-34H,1-2H3. The van der Waals surface area contributed by atoms with Gasteiger partial charge in [0.1, 0.15) is 0 Å². The van der Waals surface area contributed by atoms with E-state index in [2.05, 4.69) is 208 Å². The van der Waals surface area contributed by atoms with E-state index in [9.17, 15) is 0 Å². The largest absolute Gasteiger partial charge is 0.135 e. The highest BCUT2D eigenvalue weighted by Gasteiger charge is 2.36. The quantitative estimate of drug-likeness (QED) is 0.170. The molecule has 9 aromatic carbocycles. The molecule has 0 bridgehead atoms. The molecule has 11 rings (SSSR count). The molecular formula is C55H38S. The molecule has 0 saturated carbocycles. The van der Waals surface area contributed by atoms with E-state index in [4.69, 9.17) is 0 Å². The first-order chi connectivity index (χ1) is 27.5. The molecule has 0 aliphatic heterocycles. The molecular weight excluding hydrogens is 693 g/mol. The van der Waals surface area contributed by atoms with E-state index >= 15 is 0 Å². The number of hydrogen-bond donors (Lipinski definition) is 0. The van der Waals surface area contributed by atoms with Gasteiger partial charge in [0.2, 0.25) is 0 Å². The summed E-state index contributed by atoms with van der Waals surface area (Å²) >= 11 is 1.89. The Morgan fingerprint density at radius 1 is 0.304 bits per heavy atom. The lowest BCUT2D eigenvalue weighted by molar-refractivity contribution is 0.661. The Kier molecular flexibility index (Phi) is 7.49. The molecule has 0 radical (unpaired) electrons. The Morgan fingerprint density at radius 3 is 1.61 bits per heavy atom. The summed E-state index contributed by atoms with van der Waals surface area (Å²) in [5.74, 6) is 0. The summed E-state index contributed by atoms with van der Waals surface area (Å²) < 4.78 is 2.70. The van der Waals surface area contributed by atoms with Gasteiger partial charge in [0.05, 0.1) is 0 Å². The fourth-order valence-corrected chi connectivity index (χ4v) is 10.3. The van der Waals surface area contributed by atoms with Crippen molar-refractivity contribution in [3.8, 4) is 44.5 Å². The first-order valence-corrected chi connectivity index (χ1v) is 20.3. The highest BCUT2D eigenvalue weighted by molar-refractivity contribution is 7.25. The summed E-state index contributed by atoms with van der Waals surface area (Å²) in [5, 5.41) is 10.2. The molecule has 264 valence electrons. The maximum atomic E-state index is 2.46. The summed E-state index contributed by atoms with van der Waals surface area (Å²) in [6.07, 6.45) is 0. The maximum Gasteiger partial charge on any atom is 0.0361 e. The fourth-order valence-electron chi connectivity index (χ4n) is 9.18. The van der Waals surface area contributed by atoms with Crippen molar-refractivity contribution in [2.75, 3.05) is 0 Å². The van der Waals surface area contributed by atoms with Crippen LogP contribution in [0.15, 0.2) is 194 Å². The summed E-state index contributed by atoms with van der Waals surface area (Å²) in [6.45, 7) is 4.77. The van der Waals surface area contributed by atoms with Gasteiger partial charge in [-0.15, -0.1) is 11.3 Å². The minimum absolute atomic E-state index is 0.107. The second-order valence-corrected chi connectivity index (χ2v) is 16.8. The first-order valence-electron chi connectivity index (χ1n) is 19.5. The Morgan fingerprint density at radius 2 is 0.857 bits per heavy atom. The zero-order chi connectivity index (χ0) is 37.4. The summed E-state index contributed by atoms with van der Waals surface area (Å²) in [6, 6.07) is 72.1. The minimum Gasteiger partial charge on any atom is -0.135 e. The van der Waals surface area contributed by atoms with Crippen LogP contribution < -0.4 is 0 Å². The summed E-state index contributed by atoms with van der Waals surface area (Å²) in [4.78, 5) is 0. The zero-order valence-corrected chi connectivity index (χ0v) is 32.2. The van der Waals surface area contributed by atoms with Crippen molar-refractivity contribution >= 4 is 63.8 Å². The molecule has 56 heavy (non-hydrogen) atoms. The van der Waals surface area contributed by atoms with Crippen molar-refractivity contribution in [1.29, 1.82) is 0 Å². The van der Waals surface area contributed by atoms with E-state index in [1.54, 1.807) is 0 Å². The van der Waals surface area contributed by atoms with Gasteiger partial charge < -0.3 is 0 Å². The minimum atomic E-state index is -0.107. The van der Waals surface area contributed by atoms with Crippen LogP contribution in [-0.2, 0) is 5.41 Å². The number of benzene rings is 8. The van der Waals surface area contributed by atoms with Crippen molar-refractivity contribution in [1.82, 2.24) is 0 Å². The summed E-state index contributed by atoms with van der Waals surface area (Å²) in [7, 11) is 0. The SMILES string of the molecule is CC1(C)c2ccc(-c3ccccccc(-c4ccc5cc(-c6ccccc6)ccc5c4)c4ccccc34)cc2-c2cc3cc4sc5ccccc5c4cc3cc21. The van der Waals surface area contributed by atoms with E-state index in [-0.39, 0.29) is 5.41 Å². The van der Waals surface area contributed by atoms with E-state index in [1.165, 1.54) is 108 Å². The number of thiophene rings is 1. The lowest BCUT2D eigenvalue weighted by Gasteiger charge is -2.22. The lowest BCUT2D eigenvalue weighted by atomic mass is 9.81. The fraction of sp³-hybridized carbons (Fsp3) is 0.0545. The number of fused-ring (bicyclic) bond motifs is 9. The Labute approximate surface area is 331 Å². The van der Waals surface area contributed by atoms with Crippen molar-refractivity contribution in [3.63, 3.8) is 0 Å². The molecule has 0 amide bonds. The third-order valence-corrected chi connectivity index (χ3v) is 13.2. The topological polar surface area (TPSA) is 0 Å². The normalized spacial score (nSPS) is 13.0. The van der Waals surface area contributed by atoms with Crippen molar-refractivity contribution in [2.45, 2.75) is 19.3 Å². The third-order valence-electron chi connectivity index (χ3n) is 12.1. The van der Waals surface area contributed by atoms with Gasteiger partial charge in [0, 0.05) is 25.6 Å². The van der Waals surface area contributed by atoms with E-state index in [1.807, 2.05) is 11.3 Å². The Hall–Kier alpha value is -6.54. The second-order valence-electron chi connectivity index (χ2n) is 15.7. The van der Waals surface area contributed by atoms with Gasteiger partial charge in [-0.2, -0.15) is 0 Å². The second kappa shape index (κ2) is 12.8. The van der Waals surface area contributed by atoms with Crippen LogP contribution in [0.4, 0.5) is 0 Å². The molecule has 0 nitrogen and oxygen atoms in total. The predicted molar refractivity (Wildman–Crippen MR) is 243 cm³/mol. The average Bonchev–Trinajstić information content (AvgIpc) is 3.70. The molecule has 0 atom stereocenters. The van der Waals surface area contributed by atoms with Gasteiger partial charge in [-0.25, -0.2) is 0 Å². The van der Waals surface area contributed by atoms with Crippen LogP contribution in [0.5, 0.6) is 0 Å². The van der Waals surface area contributed by atoms with Crippen LogP contribution in [0.25, 0.3) is 97.0 Å². The van der Waals surface area contributed by atoms with Gasteiger partial charge in [0.15, 0.2) is 0 Å². The average molecular weight is 731 g/mol. The molecule has 0 fully saturated rings. The first kappa shape index (κ1) is 32.9. The van der Waals surface area contributed by atoms with Crippen LogP contribution in [0.1, 0.15) is 25.0 Å². The van der Waals surface area contributed by atoms with Crippen LogP contribution in [0, 0.1) is 0 Å². The molecule has 1 heterocycles. The molecule has 0 unspecified atom stereocenters. The molecule has 0 spiro atoms. The van der Waals surface area contributed by atoms with Crippen molar-refractivity contribution in [2.24, 2.45) is 0 Å². The molecule has 0 saturated heterocycles. The Bertz CT molecular complexity index is 3270. The molecule has 10 aromatic rings. The highest BCUT2D eigenvalue weighted by Crippen LogP contribution is 2.52. The lowest BCUT2D eigenvalue weighted by Crippen LogP contribution is -2.14. The molecule has 1 aliphatic rings. The van der Waals surface area contributed by atoms with E-state index in [0.29, 0.717) is 0 Å². The van der Waals surface area contributed by atoms with Crippen LogP contribution in [0.3, 0.4) is 0 Å². The van der Waals surface area contributed by atoms with Gasteiger partial charge in [0.25, 0.3) is 0 Å². The highest BCUT2D eigenvalue weighted by atomic mass is 32.1. The molecule has 0 N–H and O–H groups in total. The van der Waals surface area contributed by atoms with E-state index < -0.39 is 0 Å². The van der Waals surface area contributed by atoms with Gasteiger partial charge in [-0.05, 0) is 136 Å². The van der Waals surface area contributed by atoms with Crippen LogP contribution in [-0.4, -0.2) is 0 Å². The Balaban J connectivity index is 1.08. The van der Waals surface area contributed by atoms with Crippen LogP contribution in [0.2, 0.25) is 0 Å². The predicted octanol–water partition coefficient (Wildman–Crippen LogP) is 15.9. The zero-order valence-electron chi connectivity index (χ0n) is 31.4. The monoisotopic (exact) mass is 730 g/mol. The van der Waals surface area contributed by atoms with Crippen molar-refractivity contribution < 1.29 is 0 Å². The third kappa shape index (κ3) is 5.27. The number of rotatable bonds is 3. The van der Waals surface area contributed by atoms with Gasteiger partial charge in [-0.3, -0.25) is 0 Å². The molecule has 1 heteroatoms. The molecule has 1 aliphatic carbocycles. The summed E-state index contributed by atoms with van der Waals surface area (Å²) in [5.41, 5.74) is 12.7. The van der Waals surface area contributed by atoms with Gasteiger partial charge in [-0.1, -0.05) is 159 Å². The maximum absolute atomic E-state index is 2.46.